The summed E-state index contributed by atoms with van der Waals surface area (Å²) >= 11 is 0. The number of aromatic nitrogens is 3. The van der Waals surface area contributed by atoms with E-state index in [0.29, 0.717) is 22.3 Å². The lowest BCUT2D eigenvalue weighted by Crippen LogP contribution is -2.00. The first-order chi connectivity index (χ1) is 33.5. The van der Waals surface area contributed by atoms with Crippen LogP contribution in [0.3, 0.4) is 0 Å². The van der Waals surface area contributed by atoms with Crippen molar-refractivity contribution in [2.24, 2.45) is 0 Å². The van der Waals surface area contributed by atoms with Gasteiger partial charge in [-0.05, 0) is 90.9 Å². The molecule has 11 rings (SSSR count). The average molecular weight is 717 g/mol. The Kier molecular flexibility index (Phi) is 4.49. The third-order valence-corrected chi connectivity index (χ3v) is 9.56. The van der Waals surface area contributed by atoms with Crippen molar-refractivity contribution in [3.8, 4) is 56.4 Å². The largest absolute Gasteiger partial charge is 0.456 e. The Morgan fingerprint density at radius 1 is 0.327 bits per heavy atom. The summed E-state index contributed by atoms with van der Waals surface area (Å²) in [5.74, 6) is -0.0302. The van der Waals surface area contributed by atoms with Crippen LogP contribution >= 0.6 is 0 Å². The van der Waals surface area contributed by atoms with Gasteiger partial charge in [0.2, 0.25) is 0 Å². The molecular weight excluding hydrogens is 671 g/mol. The quantitative estimate of drug-likeness (QED) is 0.166. The highest BCUT2D eigenvalue weighted by Crippen LogP contribution is 2.38. The van der Waals surface area contributed by atoms with Crippen LogP contribution in [0.2, 0.25) is 0 Å². The van der Waals surface area contributed by atoms with Crippen LogP contribution in [0.5, 0.6) is 0 Å². The topological polar surface area (TPSA) is 51.8 Å². The predicted molar refractivity (Wildman–Crippen MR) is 227 cm³/mol. The number of rotatable bonds is 5. The van der Waals surface area contributed by atoms with Gasteiger partial charge in [-0.1, -0.05) is 151 Å². The van der Waals surface area contributed by atoms with Gasteiger partial charge in [-0.25, -0.2) is 15.0 Å². The van der Waals surface area contributed by atoms with E-state index in [9.17, 15) is 8.22 Å². The number of furan rings is 1. The van der Waals surface area contributed by atoms with Crippen molar-refractivity contribution in [3.63, 3.8) is 0 Å². The van der Waals surface area contributed by atoms with E-state index in [1.54, 1.807) is 12.1 Å². The van der Waals surface area contributed by atoms with Crippen LogP contribution in [0, 0.1) is 0 Å². The fourth-order valence-corrected chi connectivity index (χ4v) is 6.92. The van der Waals surface area contributed by atoms with E-state index in [0.717, 1.165) is 21.9 Å². The van der Waals surface area contributed by atoms with Crippen LogP contribution in [0.15, 0.2) is 192 Å². The third kappa shape index (κ3) is 5.34. The molecule has 0 radical (unpaired) electrons. The number of hydrogen-bond acceptors (Lipinski definition) is 4. The van der Waals surface area contributed by atoms with Crippen LogP contribution < -0.4 is 0 Å². The molecule has 55 heavy (non-hydrogen) atoms. The van der Waals surface area contributed by atoms with Gasteiger partial charge in [-0.15, -0.1) is 0 Å². The van der Waals surface area contributed by atoms with Crippen LogP contribution in [-0.4, -0.2) is 15.0 Å². The molecule has 2 heterocycles. The number of benzene rings is 9. The fraction of sp³-hybridized carbons (Fsp3) is 0. The molecule has 0 saturated heterocycles. The molecule has 0 aliphatic rings. The maximum absolute atomic E-state index is 9.79. The van der Waals surface area contributed by atoms with E-state index in [1.807, 2.05) is 84.9 Å². The molecule has 4 heteroatoms. The summed E-state index contributed by atoms with van der Waals surface area (Å²) in [4.78, 5) is 14.5. The SMILES string of the molecule is [2H]c1c([2H])c(-c2nc(-c3ccc(-c4ccccc4)cc3)nc(-c3ccc4oc5ccccc5c4c3)n2)c([2H])c(-c2c([2H])c([2H])c3c4c([2H])c([2H])c([2H])c([2H])c4c4c([2H])c([2H])c([2H])c([2H])c4c3c2[2H])c1[2H]. The number of hydrogen-bond donors (Lipinski definition) is 0. The second-order valence-corrected chi connectivity index (χ2v) is 12.8. The normalized spacial score (nSPS) is 15.5. The van der Waals surface area contributed by atoms with Gasteiger partial charge >= 0.3 is 0 Å². The van der Waals surface area contributed by atoms with E-state index in [1.165, 1.54) is 0 Å². The second-order valence-electron chi connectivity index (χ2n) is 12.8. The summed E-state index contributed by atoms with van der Waals surface area (Å²) < 4.78 is 142. The van der Waals surface area contributed by atoms with E-state index in [4.69, 9.17) is 31.7 Å². The monoisotopic (exact) mass is 716 g/mol. The molecule has 11 aromatic rings. The molecule has 9 aromatic carbocycles. The van der Waals surface area contributed by atoms with Gasteiger partial charge in [0.05, 0.1) is 20.6 Å². The predicted octanol–water partition coefficient (Wildman–Crippen LogP) is 13.6. The Labute approximate surface area is 338 Å². The van der Waals surface area contributed by atoms with Gasteiger partial charge in [0, 0.05) is 27.5 Å². The first kappa shape index (κ1) is 19.6. The molecule has 0 aliphatic carbocycles. The number of nitrogens with zero attached hydrogens (tertiary/aromatic N) is 3. The lowest BCUT2D eigenvalue weighted by molar-refractivity contribution is 0.669. The van der Waals surface area contributed by atoms with Crippen LogP contribution in [-0.2, 0) is 0 Å². The van der Waals surface area contributed by atoms with Gasteiger partial charge in [0.25, 0.3) is 0 Å². The van der Waals surface area contributed by atoms with Crippen molar-refractivity contribution >= 4 is 54.3 Å². The molecule has 4 nitrogen and oxygen atoms in total. The number of fused-ring (bicyclic) bond motifs is 9. The second kappa shape index (κ2) is 12.6. The van der Waals surface area contributed by atoms with Crippen molar-refractivity contribution in [1.82, 2.24) is 15.0 Å². The maximum atomic E-state index is 9.79. The van der Waals surface area contributed by atoms with E-state index in [-0.39, 0.29) is 50.0 Å². The minimum absolute atomic E-state index is 0.111. The Morgan fingerprint density at radius 3 is 1.60 bits per heavy atom. The molecule has 0 saturated carbocycles. The molecule has 0 fully saturated rings. The highest BCUT2D eigenvalue weighted by atomic mass is 16.3. The Balaban J connectivity index is 1.22. The van der Waals surface area contributed by atoms with Crippen LogP contribution in [0.4, 0.5) is 0 Å². The standard InChI is InChI=1S/C51H31N3O/c1-2-11-32(12-3-1)33-21-23-34(24-22-33)49-52-50(54-51(53-49)38-26-28-48-46(31-38)44-19-8-9-20-47(44)55-48)37-14-10-13-35(29-37)36-25-27-43-41-17-5-4-15-39(41)40-16-6-7-18-42(40)45(43)30-36/h1-31H/i4D,5D,6D,7D,10D,13D,14D,15D,16D,17D,18D,25D,27D,29D,30D. The van der Waals surface area contributed by atoms with E-state index < -0.39 is 107 Å². The van der Waals surface area contributed by atoms with Gasteiger partial charge < -0.3 is 4.42 Å². The maximum Gasteiger partial charge on any atom is 0.164 e. The van der Waals surface area contributed by atoms with Gasteiger partial charge in [-0.3, -0.25) is 0 Å². The Bertz CT molecular complexity index is 4080. The molecule has 2 aromatic heterocycles. The van der Waals surface area contributed by atoms with Gasteiger partial charge in [0.1, 0.15) is 11.2 Å². The summed E-state index contributed by atoms with van der Waals surface area (Å²) in [5, 5.41) is -0.631. The minimum atomic E-state index is -0.785. The van der Waals surface area contributed by atoms with Gasteiger partial charge in [-0.2, -0.15) is 0 Å². The molecule has 0 spiro atoms. The zero-order chi connectivity index (χ0) is 49.3. The number of para-hydroxylation sites is 1. The Morgan fingerprint density at radius 2 is 0.855 bits per heavy atom. The minimum Gasteiger partial charge on any atom is -0.456 e. The average Bonchev–Trinajstić information content (AvgIpc) is 3.75. The van der Waals surface area contributed by atoms with Gasteiger partial charge in [0.15, 0.2) is 17.5 Å². The van der Waals surface area contributed by atoms with E-state index in [2.05, 4.69) is 0 Å². The smallest absolute Gasteiger partial charge is 0.164 e. The highest BCUT2D eigenvalue weighted by Gasteiger charge is 2.16. The molecular formula is C51H31N3O. The van der Waals surface area contributed by atoms with Crippen molar-refractivity contribution in [2.45, 2.75) is 0 Å². The molecule has 0 atom stereocenters. The fourth-order valence-electron chi connectivity index (χ4n) is 6.92. The summed E-state index contributed by atoms with van der Waals surface area (Å²) in [6.07, 6.45) is 0. The Hall–Kier alpha value is -7.43. The molecule has 256 valence electrons. The van der Waals surface area contributed by atoms with Crippen molar-refractivity contribution in [2.75, 3.05) is 0 Å². The summed E-state index contributed by atoms with van der Waals surface area (Å²) in [5.41, 5.74) is 2.67. The molecule has 0 N–H and O–H groups in total. The molecule has 0 amide bonds. The first-order valence-electron chi connectivity index (χ1n) is 24.8. The first-order valence-corrected chi connectivity index (χ1v) is 17.3. The van der Waals surface area contributed by atoms with E-state index >= 15 is 0 Å². The highest BCUT2D eigenvalue weighted by molar-refractivity contribution is 6.25. The zero-order valence-corrected chi connectivity index (χ0v) is 28.5. The third-order valence-electron chi connectivity index (χ3n) is 9.56. The van der Waals surface area contributed by atoms with Crippen molar-refractivity contribution < 1.29 is 25.0 Å². The summed E-state index contributed by atoms with van der Waals surface area (Å²) in [6, 6.07) is 19.3. The van der Waals surface area contributed by atoms with Crippen molar-refractivity contribution in [1.29, 1.82) is 0 Å². The summed E-state index contributed by atoms with van der Waals surface area (Å²) in [6.45, 7) is 0. The van der Waals surface area contributed by atoms with Crippen molar-refractivity contribution in [3.05, 3.63) is 188 Å². The van der Waals surface area contributed by atoms with Crippen LogP contribution in [0.25, 0.3) is 111 Å². The molecule has 0 bridgehead atoms. The molecule has 0 unspecified atom stereocenters. The molecule has 0 aliphatic heterocycles. The lowest BCUT2D eigenvalue weighted by atomic mass is 9.92. The summed E-state index contributed by atoms with van der Waals surface area (Å²) in [7, 11) is 0. The van der Waals surface area contributed by atoms with Crippen LogP contribution in [0.1, 0.15) is 20.6 Å². The lowest BCUT2D eigenvalue weighted by Gasteiger charge is -2.13. The zero-order valence-electron chi connectivity index (χ0n) is 43.5.